The minimum Gasteiger partial charge on any atom is -0.369 e. The van der Waals surface area contributed by atoms with Crippen molar-refractivity contribution in [3.8, 4) is 0 Å². The average Bonchev–Trinajstić information content (AvgIpc) is 2.76. The summed E-state index contributed by atoms with van der Waals surface area (Å²) in [7, 11) is 0. The van der Waals surface area contributed by atoms with Crippen LogP contribution in [0.4, 0.5) is 11.5 Å². The summed E-state index contributed by atoms with van der Waals surface area (Å²) in [5.41, 5.74) is 1.76. The van der Waals surface area contributed by atoms with Crippen LogP contribution in [0.25, 0.3) is 0 Å². The van der Waals surface area contributed by atoms with Crippen LogP contribution in [-0.2, 0) is 9.53 Å². The first kappa shape index (κ1) is 19.8. The Bertz CT molecular complexity index is 778. The van der Waals surface area contributed by atoms with E-state index in [0.717, 1.165) is 36.6 Å². The lowest BCUT2D eigenvalue weighted by Crippen LogP contribution is -2.46. The Morgan fingerprint density at radius 1 is 1.14 bits per heavy atom. The second-order valence-corrected chi connectivity index (χ2v) is 7.81. The van der Waals surface area contributed by atoms with Gasteiger partial charge in [0.15, 0.2) is 0 Å². The Labute approximate surface area is 171 Å². The maximum absolute atomic E-state index is 12.4. The predicted octanol–water partition coefficient (Wildman–Crippen LogP) is 3.04. The van der Waals surface area contributed by atoms with E-state index in [1.807, 2.05) is 30.3 Å². The van der Waals surface area contributed by atoms with E-state index in [9.17, 15) is 4.79 Å². The fourth-order valence-electron chi connectivity index (χ4n) is 4.00. The zero-order valence-electron chi connectivity index (χ0n) is 16.7. The van der Waals surface area contributed by atoms with Crippen LogP contribution in [-0.4, -0.2) is 53.1 Å². The van der Waals surface area contributed by atoms with E-state index in [-0.39, 0.29) is 12.0 Å². The molecule has 7 nitrogen and oxygen atoms in total. The first-order chi connectivity index (χ1) is 14.3. The summed E-state index contributed by atoms with van der Waals surface area (Å²) >= 11 is 0. The Kier molecular flexibility index (Phi) is 6.69. The van der Waals surface area contributed by atoms with Gasteiger partial charge >= 0.3 is 0 Å². The van der Waals surface area contributed by atoms with Crippen LogP contribution in [0.3, 0.4) is 0 Å². The summed E-state index contributed by atoms with van der Waals surface area (Å²) in [5.74, 6) is 0.909. The number of morpholine rings is 1. The highest BCUT2D eigenvalue weighted by molar-refractivity contribution is 5.78. The molecular weight excluding hydrogens is 366 g/mol. The van der Waals surface area contributed by atoms with E-state index in [1.54, 1.807) is 12.4 Å². The molecule has 2 fully saturated rings. The van der Waals surface area contributed by atoms with Gasteiger partial charge in [0, 0.05) is 25.3 Å². The highest BCUT2D eigenvalue weighted by Gasteiger charge is 2.25. The quantitative estimate of drug-likeness (QED) is 0.783. The van der Waals surface area contributed by atoms with Crippen molar-refractivity contribution in [2.24, 2.45) is 0 Å². The largest absolute Gasteiger partial charge is 0.369 e. The number of hydrogen-bond donors (Lipinski definition) is 2. The summed E-state index contributed by atoms with van der Waals surface area (Å²) in [6.07, 6.45) is 9.39. The molecule has 1 atom stereocenters. The third-order valence-corrected chi connectivity index (χ3v) is 5.54. The SMILES string of the molecule is O=C(CN1CCOC(c2ccc(Nc3ccccn3)cn2)C1)NC1CCCCC1. The standard InChI is InChI=1S/C22H29N5O2/c28-22(26-17-6-2-1-3-7-17)16-27-12-13-29-20(15-27)19-10-9-18(14-24-19)25-21-8-4-5-11-23-21/h4-5,8-11,14,17,20H,1-3,6-7,12-13,15-16H2,(H,23,25)(H,26,28). The number of aromatic nitrogens is 2. The van der Waals surface area contributed by atoms with E-state index in [0.29, 0.717) is 25.7 Å². The molecule has 2 aromatic heterocycles. The number of pyridine rings is 2. The number of nitrogens with one attached hydrogen (secondary N) is 2. The highest BCUT2D eigenvalue weighted by atomic mass is 16.5. The molecule has 0 aromatic carbocycles. The second kappa shape index (κ2) is 9.80. The molecule has 3 heterocycles. The van der Waals surface area contributed by atoms with Crippen LogP contribution in [0.15, 0.2) is 42.7 Å². The average molecular weight is 396 g/mol. The third kappa shape index (κ3) is 5.74. The predicted molar refractivity (Wildman–Crippen MR) is 112 cm³/mol. The number of hydrogen-bond acceptors (Lipinski definition) is 6. The second-order valence-electron chi connectivity index (χ2n) is 7.81. The monoisotopic (exact) mass is 395 g/mol. The van der Waals surface area contributed by atoms with Crippen molar-refractivity contribution < 1.29 is 9.53 Å². The van der Waals surface area contributed by atoms with Crippen molar-refractivity contribution in [1.29, 1.82) is 0 Å². The van der Waals surface area contributed by atoms with E-state index in [1.165, 1.54) is 19.3 Å². The lowest BCUT2D eigenvalue weighted by Gasteiger charge is -2.32. The number of amides is 1. The van der Waals surface area contributed by atoms with Gasteiger partial charge in [-0.25, -0.2) is 4.98 Å². The molecule has 2 N–H and O–H groups in total. The molecule has 1 amide bonds. The Balaban J connectivity index is 1.29. The van der Waals surface area contributed by atoms with Gasteiger partial charge < -0.3 is 15.4 Å². The van der Waals surface area contributed by atoms with Gasteiger partial charge in [0.05, 0.1) is 30.7 Å². The molecule has 2 aromatic rings. The minimum atomic E-state index is -0.116. The summed E-state index contributed by atoms with van der Waals surface area (Å²) in [5, 5.41) is 6.43. The number of carbonyl (C=O) groups is 1. The molecule has 0 radical (unpaired) electrons. The molecule has 1 aliphatic heterocycles. The normalized spacial score (nSPS) is 20.9. The third-order valence-electron chi connectivity index (χ3n) is 5.54. The Hall–Kier alpha value is -2.51. The molecule has 7 heteroatoms. The van der Waals surface area contributed by atoms with Gasteiger partial charge in [-0.2, -0.15) is 0 Å². The molecule has 4 rings (SSSR count). The van der Waals surface area contributed by atoms with E-state index in [4.69, 9.17) is 4.74 Å². The van der Waals surface area contributed by atoms with Gasteiger partial charge in [-0.15, -0.1) is 0 Å². The fraction of sp³-hybridized carbons (Fsp3) is 0.500. The van der Waals surface area contributed by atoms with Gasteiger partial charge in [0.2, 0.25) is 5.91 Å². The summed E-state index contributed by atoms with van der Waals surface area (Å²) < 4.78 is 5.92. The topological polar surface area (TPSA) is 79.4 Å². The van der Waals surface area contributed by atoms with Crippen LogP contribution < -0.4 is 10.6 Å². The van der Waals surface area contributed by atoms with Crippen molar-refractivity contribution >= 4 is 17.4 Å². The highest BCUT2D eigenvalue weighted by Crippen LogP contribution is 2.23. The number of nitrogens with zero attached hydrogens (tertiary/aromatic N) is 3. The number of rotatable bonds is 6. The zero-order valence-corrected chi connectivity index (χ0v) is 16.7. The minimum absolute atomic E-state index is 0.116. The number of carbonyl (C=O) groups excluding carboxylic acids is 1. The van der Waals surface area contributed by atoms with Crippen LogP contribution in [0.1, 0.15) is 43.9 Å². The number of anilines is 2. The van der Waals surface area contributed by atoms with Gasteiger partial charge in [0.1, 0.15) is 11.9 Å². The lowest BCUT2D eigenvalue weighted by atomic mass is 9.95. The Morgan fingerprint density at radius 3 is 2.79 bits per heavy atom. The van der Waals surface area contributed by atoms with E-state index in [2.05, 4.69) is 25.5 Å². The van der Waals surface area contributed by atoms with E-state index >= 15 is 0 Å². The molecule has 1 aliphatic carbocycles. The smallest absolute Gasteiger partial charge is 0.234 e. The fourth-order valence-corrected chi connectivity index (χ4v) is 4.00. The van der Waals surface area contributed by atoms with Crippen molar-refractivity contribution in [3.05, 3.63) is 48.4 Å². The van der Waals surface area contributed by atoms with Crippen LogP contribution >= 0.6 is 0 Å². The van der Waals surface area contributed by atoms with Gasteiger partial charge in [-0.1, -0.05) is 25.3 Å². The Morgan fingerprint density at radius 2 is 2.03 bits per heavy atom. The van der Waals surface area contributed by atoms with Gasteiger partial charge in [0.25, 0.3) is 0 Å². The molecule has 1 saturated heterocycles. The first-order valence-electron chi connectivity index (χ1n) is 10.5. The molecule has 0 bridgehead atoms. The first-order valence-corrected chi connectivity index (χ1v) is 10.5. The van der Waals surface area contributed by atoms with Gasteiger partial charge in [-0.05, 0) is 37.1 Å². The molecule has 1 saturated carbocycles. The number of ether oxygens (including phenoxy) is 1. The lowest BCUT2D eigenvalue weighted by molar-refractivity contribution is -0.125. The molecule has 29 heavy (non-hydrogen) atoms. The summed E-state index contributed by atoms with van der Waals surface area (Å²) in [4.78, 5) is 23.4. The van der Waals surface area contributed by atoms with E-state index < -0.39 is 0 Å². The molecular formula is C22H29N5O2. The molecule has 2 aliphatic rings. The van der Waals surface area contributed by atoms with Crippen molar-refractivity contribution in [2.75, 3.05) is 31.6 Å². The maximum Gasteiger partial charge on any atom is 0.234 e. The van der Waals surface area contributed by atoms with Crippen LogP contribution in [0, 0.1) is 0 Å². The van der Waals surface area contributed by atoms with Crippen molar-refractivity contribution in [1.82, 2.24) is 20.2 Å². The maximum atomic E-state index is 12.4. The summed E-state index contributed by atoms with van der Waals surface area (Å²) in [6, 6.07) is 10.0. The molecule has 154 valence electrons. The molecule has 0 spiro atoms. The molecule has 1 unspecified atom stereocenters. The van der Waals surface area contributed by atoms with Crippen LogP contribution in [0.2, 0.25) is 0 Å². The van der Waals surface area contributed by atoms with Gasteiger partial charge in [-0.3, -0.25) is 14.7 Å². The van der Waals surface area contributed by atoms with Crippen LogP contribution in [0.5, 0.6) is 0 Å². The summed E-state index contributed by atoms with van der Waals surface area (Å²) in [6.45, 7) is 2.48. The van der Waals surface area contributed by atoms with Crippen molar-refractivity contribution in [3.63, 3.8) is 0 Å². The zero-order chi connectivity index (χ0) is 19.9. The van der Waals surface area contributed by atoms with Crippen molar-refractivity contribution in [2.45, 2.75) is 44.2 Å².